The molecular formula is C15H19ClN2O. The molecule has 0 unspecified atom stereocenters. The van der Waals surface area contributed by atoms with E-state index in [0.29, 0.717) is 16.7 Å². The molecule has 0 aliphatic heterocycles. The summed E-state index contributed by atoms with van der Waals surface area (Å²) in [5, 5.41) is 4.91. The minimum Gasteiger partial charge on any atom is -0.494 e. The van der Waals surface area contributed by atoms with Gasteiger partial charge in [0, 0.05) is 23.5 Å². The molecule has 3 nitrogen and oxygen atoms in total. The van der Waals surface area contributed by atoms with Crippen LogP contribution in [0.4, 0.5) is 5.82 Å². The predicted octanol–water partition coefficient (Wildman–Crippen LogP) is 4.37. The Bertz CT molecular complexity index is 623. The molecule has 0 aliphatic rings. The van der Waals surface area contributed by atoms with Crippen LogP contribution in [0, 0.1) is 6.92 Å². The maximum atomic E-state index is 6.25. The SMILES string of the molecule is CNc1nc2c(OC)cc(Cl)c(C)c2cc1C(C)C. The van der Waals surface area contributed by atoms with Crippen molar-refractivity contribution in [2.24, 2.45) is 0 Å². The number of fused-ring (bicyclic) bond motifs is 1. The van der Waals surface area contributed by atoms with Crippen molar-refractivity contribution in [2.45, 2.75) is 26.7 Å². The van der Waals surface area contributed by atoms with Crippen LogP contribution in [0.5, 0.6) is 5.75 Å². The Morgan fingerprint density at radius 3 is 2.53 bits per heavy atom. The summed E-state index contributed by atoms with van der Waals surface area (Å²) in [6.45, 7) is 6.32. The number of methoxy groups -OCH3 is 1. The van der Waals surface area contributed by atoms with Crippen LogP contribution in [-0.4, -0.2) is 19.1 Å². The van der Waals surface area contributed by atoms with Crippen LogP contribution in [0.1, 0.15) is 30.9 Å². The topological polar surface area (TPSA) is 34.2 Å². The molecule has 0 saturated carbocycles. The number of rotatable bonds is 3. The zero-order chi connectivity index (χ0) is 14.2. The van der Waals surface area contributed by atoms with Crippen molar-refractivity contribution < 1.29 is 4.74 Å². The van der Waals surface area contributed by atoms with E-state index in [-0.39, 0.29) is 0 Å². The molecule has 0 spiro atoms. The highest BCUT2D eigenvalue weighted by Crippen LogP contribution is 2.36. The number of benzene rings is 1. The third kappa shape index (κ3) is 2.35. The molecule has 4 heteroatoms. The van der Waals surface area contributed by atoms with E-state index in [2.05, 4.69) is 25.2 Å². The number of nitrogens with one attached hydrogen (secondary N) is 1. The number of anilines is 1. The first-order valence-corrected chi connectivity index (χ1v) is 6.72. The fraction of sp³-hybridized carbons (Fsp3) is 0.400. The van der Waals surface area contributed by atoms with E-state index < -0.39 is 0 Å². The number of aromatic nitrogens is 1. The highest BCUT2D eigenvalue weighted by molar-refractivity contribution is 6.32. The molecule has 19 heavy (non-hydrogen) atoms. The first-order valence-electron chi connectivity index (χ1n) is 6.35. The second kappa shape index (κ2) is 5.25. The maximum absolute atomic E-state index is 6.25. The Kier molecular flexibility index (Phi) is 3.85. The van der Waals surface area contributed by atoms with E-state index in [4.69, 9.17) is 21.3 Å². The van der Waals surface area contributed by atoms with Gasteiger partial charge < -0.3 is 10.1 Å². The van der Waals surface area contributed by atoms with Crippen molar-refractivity contribution in [1.82, 2.24) is 4.98 Å². The summed E-state index contributed by atoms with van der Waals surface area (Å²) in [5.74, 6) is 1.99. The molecule has 0 bridgehead atoms. The number of aryl methyl sites for hydroxylation is 1. The summed E-state index contributed by atoms with van der Waals surface area (Å²) >= 11 is 6.25. The number of pyridine rings is 1. The lowest BCUT2D eigenvalue weighted by molar-refractivity contribution is 0.419. The quantitative estimate of drug-likeness (QED) is 0.905. The largest absolute Gasteiger partial charge is 0.494 e. The van der Waals surface area contributed by atoms with Crippen LogP contribution in [-0.2, 0) is 0 Å². The van der Waals surface area contributed by atoms with E-state index in [1.807, 2.05) is 20.0 Å². The van der Waals surface area contributed by atoms with E-state index in [1.54, 1.807) is 7.11 Å². The smallest absolute Gasteiger partial charge is 0.146 e. The van der Waals surface area contributed by atoms with Gasteiger partial charge in [-0.1, -0.05) is 25.4 Å². The minimum absolute atomic E-state index is 0.392. The van der Waals surface area contributed by atoms with E-state index in [0.717, 1.165) is 22.3 Å². The molecule has 0 fully saturated rings. The van der Waals surface area contributed by atoms with Crippen LogP contribution in [0.3, 0.4) is 0 Å². The summed E-state index contributed by atoms with van der Waals surface area (Å²) in [5.41, 5.74) is 3.06. The van der Waals surface area contributed by atoms with Gasteiger partial charge in [0.15, 0.2) is 0 Å². The lowest BCUT2D eigenvalue weighted by Crippen LogP contribution is -2.02. The second-order valence-electron chi connectivity index (χ2n) is 4.91. The van der Waals surface area contributed by atoms with Gasteiger partial charge in [0.2, 0.25) is 0 Å². The average Bonchev–Trinajstić information content (AvgIpc) is 2.41. The molecule has 2 rings (SSSR count). The van der Waals surface area contributed by atoms with E-state index >= 15 is 0 Å². The third-order valence-corrected chi connectivity index (χ3v) is 3.78. The summed E-state index contributed by atoms with van der Waals surface area (Å²) in [7, 11) is 3.52. The Morgan fingerprint density at radius 1 is 1.32 bits per heavy atom. The predicted molar refractivity (Wildman–Crippen MR) is 81.7 cm³/mol. The van der Waals surface area contributed by atoms with Crippen molar-refractivity contribution in [3.05, 3.63) is 28.3 Å². The third-order valence-electron chi connectivity index (χ3n) is 3.38. The molecule has 1 aromatic heterocycles. The van der Waals surface area contributed by atoms with Crippen LogP contribution in [0.25, 0.3) is 10.9 Å². The monoisotopic (exact) mass is 278 g/mol. The fourth-order valence-electron chi connectivity index (χ4n) is 2.22. The van der Waals surface area contributed by atoms with Gasteiger partial charge in [-0.3, -0.25) is 0 Å². The van der Waals surface area contributed by atoms with Gasteiger partial charge in [-0.15, -0.1) is 0 Å². The van der Waals surface area contributed by atoms with E-state index in [9.17, 15) is 0 Å². The van der Waals surface area contributed by atoms with Gasteiger partial charge in [-0.2, -0.15) is 0 Å². The lowest BCUT2D eigenvalue weighted by atomic mass is 9.99. The molecule has 0 amide bonds. The molecule has 0 radical (unpaired) electrons. The zero-order valence-electron chi connectivity index (χ0n) is 12.0. The molecule has 1 aromatic carbocycles. The van der Waals surface area contributed by atoms with Crippen LogP contribution >= 0.6 is 11.6 Å². The van der Waals surface area contributed by atoms with Crippen molar-refractivity contribution in [2.75, 3.05) is 19.5 Å². The first kappa shape index (κ1) is 13.9. The lowest BCUT2D eigenvalue weighted by Gasteiger charge is -2.16. The number of nitrogens with zero attached hydrogens (tertiary/aromatic N) is 1. The highest BCUT2D eigenvalue weighted by Gasteiger charge is 2.15. The molecular weight excluding hydrogens is 260 g/mol. The number of hydrogen-bond acceptors (Lipinski definition) is 3. The number of hydrogen-bond donors (Lipinski definition) is 1. The highest BCUT2D eigenvalue weighted by atomic mass is 35.5. The molecule has 1 N–H and O–H groups in total. The Balaban J connectivity index is 2.87. The van der Waals surface area contributed by atoms with Gasteiger partial charge in [0.1, 0.15) is 17.1 Å². The molecule has 0 aliphatic carbocycles. The summed E-state index contributed by atoms with van der Waals surface area (Å²) in [6, 6.07) is 3.98. The van der Waals surface area contributed by atoms with Crippen molar-refractivity contribution in [3.63, 3.8) is 0 Å². The van der Waals surface area contributed by atoms with Gasteiger partial charge in [-0.05, 0) is 30.0 Å². The van der Waals surface area contributed by atoms with Crippen LogP contribution in [0.2, 0.25) is 5.02 Å². The maximum Gasteiger partial charge on any atom is 0.146 e. The minimum atomic E-state index is 0.392. The molecule has 1 heterocycles. The van der Waals surface area contributed by atoms with Crippen LogP contribution < -0.4 is 10.1 Å². The van der Waals surface area contributed by atoms with Gasteiger partial charge in [0.25, 0.3) is 0 Å². The standard InChI is InChI=1S/C15H19ClN2O/c1-8(2)10-6-11-9(3)12(16)7-13(19-5)14(11)18-15(10)17-4/h6-8H,1-5H3,(H,17,18). The Morgan fingerprint density at radius 2 is 2.00 bits per heavy atom. The van der Waals surface area contributed by atoms with Gasteiger partial charge >= 0.3 is 0 Å². The number of halogens is 1. The summed E-state index contributed by atoms with van der Waals surface area (Å²) in [4.78, 5) is 4.69. The summed E-state index contributed by atoms with van der Waals surface area (Å²) < 4.78 is 5.39. The molecule has 0 saturated heterocycles. The van der Waals surface area contributed by atoms with Crippen molar-refractivity contribution in [1.29, 1.82) is 0 Å². The zero-order valence-corrected chi connectivity index (χ0v) is 12.7. The Labute approximate surface area is 118 Å². The second-order valence-corrected chi connectivity index (χ2v) is 5.32. The first-order chi connectivity index (χ1) is 8.99. The average molecular weight is 279 g/mol. The molecule has 102 valence electrons. The van der Waals surface area contributed by atoms with Gasteiger partial charge in [-0.25, -0.2) is 4.98 Å². The molecule has 0 atom stereocenters. The van der Waals surface area contributed by atoms with Crippen molar-refractivity contribution in [3.8, 4) is 5.75 Å². The number of ether oxygens (including phenoxy) is 1. The summed E-state index contributed by atoms with van der Waals surface area (Å²) in [6.07, 6.45) is 0. The van der Waals surface area contributed by atoms with Gasteiger partial charge in [0.05, 0.1) is 7.11 Å². The molecule has 2 aromatic rings. The van der Waals surface area contributed by atoms with Crippen molar-refractivity contribution >= 4 is 28.3 Å². The van der Waals surface area contributed by atoms with E-state index in [1.165, 1.54) is 5.56 Å². The normalized spacial score (nSPS) is 11.1. The Hall–Kier alpha value is -1.48. The van der Waals surface area contributed by atoms with Crippen LogP contribution in [0.15, 0.2) is 12.1 Å². The fourth-order valence-corrected chi connectivity index (χ4v) is 2.42.